The number of hydrogen-bond acceptors (Lipinski definition) is 6. The lowest BCUT2D eigenvalue weighted by Gasteiger charge is -2.24. The van der Waals surface area contributed by atoms with Crippen molar-refractivity contribution in [2.75, 3.05) is 18.6 Å². The van der Waals surface area contributed by atoms with E-state index in [1.165, 1.54) is 19.1 Å². The maximum absolute atomic E-state index is 13.1. The van der Waals surface area contributed by atoms with Crippen LogP contribution in [0.5, 0.6) is 11.5 Å². The zero-order valence-corrected chi connectivity index (χ0v) is 19.4. The zero-order valence-electron chi connectivity index (χ0n) is 19.4. The molecule has 3 N–H and O–H groups in total. The lowest BCUT2D eigenvalue weighted by molar-refractivity contribution is -0.126. The number of halogens is 1. The molecule has 4 rings (SSSR count). The Kier molecular flexibility index (Phi) is 6.96. The summed E-state index contributed by atoms with van der Waals surface area (Å²) in [5.74, 6) is 0.659. The predicted octanol–water partition coefficient (Wildman–Crippen LogP) is 3.61. The Morgan fingerprint density at radius 3 is 2.37 bits per heavy atom. The number of anilines is 1. The van der Waals surface area contributed by atoms with E-state index in [1.54, 1.807) is 18.3 Å². The van der Waals surface area contributed by atoms with E-state index in [9.17, 15) is 14.0 Å². The molecule has 0 aliphatic carbocycles. The van der Waals surface area contributed by atoms with Crippen LogP contribution in [0.2, 0.25) is 0 Å². The van der Waals surface area contributed by atoms with Crippen LogP contribution < -0.4 is 20.7 Å². The predicted molar refractivity (Wildman–Crippen MR) is 131 cm³/mol. The van der Waals surface area contributed by atoms with Gasteiger partial charge in [0, 0.05) is 38.5 Å². The summed E-state index contributed by atoms with van der Waals surface area (Å²) in [4.78, 5) is 31.8. The first kappa shape index (κ1) is 23.7. The number of hydrogen-bond donors (Lipinski definition) is 2. The Morgan fingerprint density at radius 2 is 1.74 bits per heavy atom. The quantitative estimate of drug-likeness (QED) is 0.516. The molecule has 0 unspecified atom stereocenters. The smallest absolute Gasteiger partial charge is 0.240 e. The number of nitrogens with zero attached hydrogens (tertiary/aromatic N) is 3. The summed E-state index contributed by atoms with van der Waals surface area (Å²) >= 11 is 0. The van der Waals surface area contributed by atoms with E-state index in [0.29, 0.717) is 24.0 Å². The van der Waals surface area contributed by atoms with Crippen molar-refractivity contribution in [3.05, 3.63) is 84.6 Å². The number of carbonyl (C=O) groups is 2. The summed E-state index contributed by atoms with van der Waals surface area (Å²) in [6.07, 6.45) is 3.89. The third-order valence-electron chi connectivity index (χ3n) is 5.47. The van der Waals surface area contributed by atoms with Crippen molar-refractivity contribution in [2.24, 2.45) is 5.73 Å². The van der Waals surface area contributed by atoms with Gasteiger partial charge < -0.3 is 25.6 Å². The van der Waals surface area contributed by atoms with Crippen LogP contribution in [0.25, 0.3) is 11.1 Å². The number of nitrogens with two attached hydrogens (primary N) is 1. The molecule has 35 heavy (non-hydrogen) atoms. The van der Waals surface area contributed by atoms with Gasteiger partial charge in [-0.05, 0) is 59.7 Å². The Hall–Kier alpha value is -4.40. The number of benzene rings is 2. The van der Waals surface area contributed by atoms with Crippen LogP contribution in [0.3, 0.4) is 0 Å². The first-order valence-electron chi connectivity index (χ1n) is 11.0. The van der Waals surface area contributed by atoms with Gasteiger partial charge in [0.15, 0.2) is 0 Å². The Balaban J connectivity index is 1.51. The number of nitrogens with one attached hydrogen (secondary N) is 1. The second kappa shape index (κ2) is 10.3. The SMILES string of the molecule is CC(=O)N[C@@H](CC1=CN(C)CN1c1cc(-c2ccc(Oc3ccc(F)cc3)cc2)ccn1)C(N)=O. The van der Waals surface area contributed by atoms with Gasteiger partial charge in [-0.3, -0.25) is 9.59 Å². The molecule has 0 bridgehead atoms. The van der Waals surface area contributed by atoms with E-state index in [0.717, 1.165) is 16.8 Å². The third kappa shape index (κ3) is 5.94. The highest BCUT2D eigenvalue weighted by atomic mass is 19.1. The second-order valence-corrected chi connectivity index (χ2v) is 8.29. The molecule has 1 atom stereocenters. The Morgan fingerprint density at radius 1 is 1.09 bits per heavy atom. The number of rotatable bonds is 8. The molecule has 8 nitrogen and oxygen atoms in total. The first-order chi connectivity index (χ1) is 16.8. The van der Waals surface area contributed by atoms with Crippen LogP contribution >= 0.6 is 0 Å². The van der Waals surface area contributed by atoms with Crippen molar-refractivity contribution in [3.63, 3.8) is 0 Å². The van der Waals surface area contributed by atoms with Crippen molar-refractivity contribution in [3.8, 4) is 22.6 Å². The summed E-state index contributed by atoms with van der Waals surface area (Å²) < 4.78 is 18.9. The minimum atomic E-state index is -0.815. The monoisotopic (exact) mass is 475 g/mol. The molecule has 3 aromatic rings. The fraction of sp³-hybridized carbons (Fsp3) is 0.192. The standard InChI is InChI=1S/C26H26FN5O3/c1-17(33)30-24(26(28)34)14-21-15-31(2)16-32(21)25-13-19(11-12-29-25)18-3-7-22(8-4-18)35-23-9-5-20(27)6-10-23/h3-13,15,24H,14,16H2,1-2H3,(H2,28,34)(H,30,33)/t24-/m0/s1. The number of carbonyl (C=O) groups excluding carboxylic acids is 2. The van der Waals surface area contributed by atoms with Gasteiger partial charge in [0.2, 0.25) is 11.8 Å². The minimum Gasteiger partial charge on any atom is -0.457 e. The molecule has 2 aromatic carbocycles. The molecule has 0 saturated carbocycles. The molecule has 1 aromatic heterocycles. The molecule has 180 valence electrons. The van der Waals surface area contributed by atoms with E-state index in [2.05, 4.69) is 10.3 Å². The molecular weight excluding hydrogens is 449 g/mol. The Labute approximate surface area is 202 Å². The van der Waals surface area contributed by atoms with E-state index >= 15 is 0 Å². The fourth-order valence-electron chi connectivity index (χ4n) is 3.84. The van der Waals surface area contributed by atoms with Gasteiger partial charge in [-0.25, -0.2) is 9.37 Å². The number of ether oxygens (including phenoxy) is 1. The lowest BCUT2D eigenvalue weighted by Crippen LogP contribution is -2.44. The lowest BCUT2D eigenvalue weighted by atomic mass is 10.1. The Bertz CT molecular complexity index is 1240. The topological polar surface area (TPSA) is 101 Å². The largest absolute Gasteiger partial charge is 0.457 e. The van der Waals surface area contributed by atoms with Crippen LogP contribution in [0, 0.1) is 5.82 Å². The highest BCUT2D eigenvalue weighted by Gasteiger charge is 2.27. The van der Waals surface area contributed by atoms with Gasteiger partial charge in [-0.2, -0.15) is 0 Å². The van der Waals surface area contributed by atoms with Gasteiger partial charge >= 0.3 is 0 Å². The van der Waals surface area contributed by atoms with Crippen LogP contribution in [0.4, 0.5) is 10.2 Å². The van der Waals surface area contributed by atoms with Crippen molar-refractivity contribution in [1.29, 1.82) is 0 Å². The van der Waals surface area contributed by atoms with E-state index in [1.807, 2.05) is 59.4 Å². The number of pyridine rings is 1. The van der Waals surface area contributed by atoms with E-state index < -0.39 is 11.9 Å². The van der Waals surface area contributed by atoms with E-state index in [4.69, 9.17) is 10.5 Å². The van der Waals surface area contributed by atoms with Crippen LogP contribution in [0.15, 0.2) is 78.8 Å². The van der Waals surface area contributed by atoms with Gasteiger partial charge in [0.05, 0.1) is 6.67 Å². The molecule has 2 heterocycles. The minimum absolute atomic E-state index is 0.251. The average molecular weight is 476 g/mol. The van der Waals surface area contributed by atoms with Gasteiger partial charge in [0.1, 0.15) is 29.2 Å². The summed E-state index contributed by atoms with van der Waals surface area (Å²) in [6, 6.07) is 16.5. The van der Waals surface area contributed by atoms with Crippen LogP contribution in [0.1, 0.15) is 13.3 Å². The fourth-order valence-corrected chi connectivity index (χ4v) is 3.84. The maximum atomic E-state index is 13.1. The number of aromatic nitrogens is 1. The average Bonchev–Trinajstić information content (AvgIpc) is 3.20. The van der Waals surface area contributed by atoms with Crippen molar-refractivity contribution in [2.45, 2.75) is 19.4 Å². The molecule has 0 saturated heterocycles. The first-order valence-corrected chi connectivity index (χ1v) is 11.0. The normalized spacial score (nSPS) is 13.9. The summed E-state index contributed by atoms with van der Waals surface area (Å²) in [7, 11) is 1.92. The van der Waals surface area contributed by atoms with Gasteiger partial charge in [-0.15, -0.1) is 0 Å². The molecule has 1 aliphatic rings. The summed E-state index contributed by atoms with van der Waals surface area (Å²) in [6.45, 7) is 1.89. The zero-order chi connectivity index (χ0) is 24.9. The van der Waals surface area contributed by atoms with Crippen LogP contribution in [-0.2, 0) is 9.59 Å². The highest BCUT2D eigenvalue weighted by molar-refractivity contribution is 5.86. The van der Waals surface area contributed by atoms with Gasteiger partial charge in [-0.1, -0.05) is 12.1 Å². The molecule has 2 amide bonds. The molecule has 0 radical (unpaired) electrons. The van der Waals surface area contributed by atoms with Crippen molar-refractivity contribution in [1.82, 2.24) is 15.2 Å². The third-order valence-corrected chi connectivity index (χ3v) is 5.47. The van der Waals surface area contributed by atoms with Crippen molar-refractivity contribution >= 4 is 17.6 Å². The van der Waals surface area contributed by atoms with Crippen LogP contribution in [-0.4, -0.2) is 41.5 Å². The maximum Gasteiger partial charge on any atom is 0.240 e. The number of primary amides is 1. The van der Waals surface area contributed by atoms with E-state index in [-0.39, 0.29) is 18.1 Å². The molecule has 9 heteroatoms. The summed E-state index contributed by atoms with van der Waals surface area (Å²) in [5.41, 5.74) is 8.23. The molecule has 0 fully saturated rings. The molecular formula is C26H26FN5O3. The van der Waals surface area contributed by atoms with Gasteiger partial charge in [0.25, 0.3) is 0 Å². The highest BCUT2D eigenvalue weighted by Crippen LogP contribution is 2.30. The molecule has 1 aliphatic heterocycles. The number of amides is 2. The summed E-state index contributed by atoms with van der Waals surface area (Å²) in [5, 5.41) is 2.61. The van der Waals surface area contributed by atoms with Crippen molar-refractivity contribution < 1.29 is 18.7 Å². The second-order valence-electron chi connectivity index (χ2n) is 8.29. The molecule has 0 spiro atoms.